The summed E-state index contributed by atoms with van der Waals surface area (Å²) in [5.74, 6) is -1.93. The first-order chi connectivity index (χ1) is 12.9. The minimum absolute atomic E-state index is 0.0394. The molecular formula is C19H15ClN2O5. The first kappa shape index (κ1) is 18.5. The summed E-state index contributed by atoms with van der Waals surface area (Å²) in [7, 11) is 0. The molecule has 138 valence electrons. The third-order valence-electron chi connectivity index (χ3n) is 3.82. The maximum atomic E-state index is 12.5. The van der Waals surface area contributed by atoms with Crippen molar-refractivity contribution in [2.24, 2.45) is 0 Å². The van der Waals surface area contributed by atoms with E-state index in [9.17, 15) is 14.4 Å². The predicted octanol–water partition coefficient (Wildman–Crippen LogP) is 2.65. The molecule has 2 amide bonds. The summed E-state index contributed by atoms with van der Waals surface area (Å²) in [5, 5.41) is 10.2. The zero-order chi connectivity index (χ0) is 19.6. The van der Waals surface area contributed by atoms with Crippen molar-refractivity contribution >= 4 is 41.1 Å². The molecule has 1 aliphatic rings. The third kappa shape index (κ3) is 3.93. The van der Waals surface area contributed by atoms with Gasteiger partial charge in [0, 0.05) is 0 Å². The molecule has 27 heavy (non-hydrogen) atoms. The number of amides is 2. The Hall–Kier alpha value is -3.32. The molecular weight excluding hydrogens is 372 g/mol. The molecule has 0 spiro atoms. The molecule has 0 saturated carbocycles. The van der Waals surface area contributed by atoms with E-state index in [4.69, 9.17) is 21.4 Å². The Kier molecular flexibility index (Phi) is 5.14. The summed E-state index contributed by atoms with van der Waals surface area (Å²) in [6, 6.07) is 13.3. The SMILES string of the molecule is C[C@H](Oc1ccc(/C=C2/C(=O)NN(c3ccccc3)C2=O)cc1Cl)C(=O)O. The zero-order valence-electron chi connectivity index (χ0n) is 14.2. The monoisotopic (exact) mass is 386 g/mol. The maximum absolute atomic E-state index is 12.5. The van der Waals surface area contributed by atoms with Crippen molar-refractivity contribution in [2.45, 2.75) is 13.0 Å². The Labute approximate surface area is 159 Å². The van der Waals surface area contributed by atoms with E-state index in [1.54, 1.807) is 36.4 Å². The number of aliphatic carboxylic acids is 1. The number of rotatable bonds is 5. The van der Waals surface area contributed by atoms with Gasteiger partial charge in [0.1, 0.15) is 11.3 Å². The zero-order valence-corrected chi connectivity index (χ0v) is 14.9. The van der Waals surface area contributed by atoms with Crippen LogP contribution in [0.1, 0.15) is 12.5 Å². The number of ether oxygens (including phenoxy) is 1. The molecule has 0 aromatic heterocycles. The number of benzene rings is 2. The van der Waals surface area contributed by atoms with Crippen LogP contribution in [0.15, 0.2) is 54.1 Å². The fourth-order valence-corrected chi connectivity index (χ4v) is 2.66. The van der Waals surface area contributed by atoms with E-state index in [0.717, 1.165) is 0 Å². The number of nitrogens with one attached hydrogen (secondary N) is 1. The predicted molar refractivity (Wildman–Crippen MR) is 99.2 cm³/mol. The summed E-state index contributed by atoms with van der Waals surface area (Å²) < 4.78 is 5.24. The van der Waals surface area contributed by atoms with Crippen molar-refractivity contribution in [2.75, 3.05) is 5.01 Å². The van der Waals surface area contributed by atoms with Crippen LogP contribution in [0, 0.1) is 0 Å². The van der Waals surface area contributed by atoms with Gasteiger partial charge in [-0.1, -0.05) is 35.9 Å². The lowest BCUT2D eigenvalue weighted by Gasteiger charge is -2.14. The lowest BCUT2D eigenvalue weighted by molar-refractivity contribution is -0.144. The molecule has 1 heterocycles. The number of nitrogens with zero attached hydrogens (tertiary/aromatic N) is 1. The second kappa shape index (κ2) is 7.51. The highest BCUT2D eigenvalue weighted by atomic mass is 35.5. The molecule has 1 fully saturated rings. The normalized spacial score (nSPS) is 16.4. The number of para-hydroxylation sites is 1. The summed E-state index contributed by atoms with van der Waals surface area (Å²) in [4.78, 5) is 35.6. The fraction of sp³-hybridized carbons (Fsp3) is 0.105. The summed E-state index contributed by atoms with van der Waals surface area (Å²) in [6.07, 6.45) is 0.352. The minimum Gasteiger partial charge on any atom is -0.479 e. The van der Waals surface area contributed by atoms with Gasteiger partial charge in [0.25, 0.3) is 11.8 Å². The second-order valence-electron chi connectivity index (χ2n) is 5.76. The lowest BCUT2D eigenvalue weighted by Crippen LogP contribution is -2.35. The molecule has 2 N–H and O–H groups in total. The summed E-state index contributed by atoms with van der Waals surface area (Å²) in [5.41, 5.74) is 3.52. The fourth-order valence-electron chi connectivity index (χ4n) is 2.43. The van der Waals surface area contributed by atoms with Crippen molar-refractivity contribution in [1.82, 2.24) is 5.43 Å². The smallest absolute Gasteiger partial charge is 0.344 e. The molecule has 1 atom stereocenters. The van der Waals surface area contributed by atoms with Gasteiger partial charge in [-0.3, -0.25) is 15.0 Å². The number of hydrazine groups is 1. The average molecular weight is 387 g/mol. The first-order valence-corrected chi connectivity index (χ1v) is 8.36. The molecule has 0 aliphatic carbocycles. The molecule has 0 unspecified atom stereocenters. The van der Waals surface area contributed by atoms with Gasteiger partial charge in [0.2, 0.25) is 0 Å². The highest BCUT2D eigenvalue weighted by Gasteiger charge is 2.34. The number of halogens is 1. The van der Waals surface area contributed by atoms with Gasteiger partial charge in [0.15, 0.2) is 6.10 Å². The Morgan fingerprint density at radius 3 is 2.56 bits per heavy atom. The van der Waals surface area contributed by atoms with Gasteiger partial charge in [-0.05, 0) is 42.8 Å². The van der Waals surface area contributed by atoms with Crippen molar-refractivity contribution in [1.29, 1.82) is 0 Å². The largest absolute Gasteiger partial charge is 0.479 e. The molecule has 8 heteroatoms. The highest BCUT2D eigenvalue weighted by Crippen LogP contribution is 2.28. The van der Waals surface area contributed by atoms with Crippen LogP contribution in [0.3, 0.4) is 0 Å². The third-order valence-corrected chi connectivity index (χ3v) is 4.12. The molecule has 3 rings (SSSR count). The number of anilines is 1. The second-order valence-corrected chi connectivity index (χ2v) is 6.17. The van der Waals surface area contributed by atoms with Crippen LogP contribution in [0.4, 0.5) is 5.69 Å². The average Bonchev–Trinajstić information content (AvgIpc) is 2.92. The topological polar surface area (TPSA) is 95.9 Å². The van der Waals surface area contributed by atoms with Crippen molar-refractivity contribution < 1.29 is 24.2 Å². The number of carbonyl (C=O) groups excluding carboxylic acids is 2. The lowest BCUT2D eigenvalue weighted by atomic mass is 10.1. The van der Waals surface area contributed by atoms with Crippen LogP contribution in [-0.2, 0) is 14.4 Å². The van der Waals surface area contributed by atoms with E-state index in [2.05, 4.69) is 5.43 Å². The van der Waals surface area contributed by atoms with Gasteiger partial charge in [0.05, 0.1) is 10.7 Å². The van der Waals surface area contributed by atoms with Gasteiger partial charge in [-0.25, -0.2) is 9.80 Å². The van der Waals surface area contributed by atoms with Gasteiger partial charge >= 0.3 is 5.97 Å². The van der Waals surface area contributed by atoms with Gasteiger partial charge in [-0.2, -0.15) is 0 Å². The molecule has 2 aromatic rings. The number of carboxylic acid groups (broad SMARTS) is 1. The Morgan fingerprint density at radius 1 is 1.22 bits per heavy atom. The van der Waals surface area contributed by atoms with Crippen LogP contribution < -0.4 is 15.2 Å². The Balaban J connectivity index is 1.84. The maximum Gasteiger partial charge on any atom is 0.344 e. The van der Waals surface area contributed by atoms with Crippen molar-refractivity contribution in [3.63, 3.8) is 0 Å². The van der Waals surface area contributed by atoms with E-state index in [0.29, 0.717) is 11.3 Å². The highest BCUT2D eigenvalue weighted by molar-refractivity contribution is 6.33. The van der Waals surface area contributed by atoms with E-state index in [-0.39, 0.29) is 16.3 Å². The molecule has 1 aliphatic heterocycles. The van der Waals surface area contributed by atoms with Gasteiger partial charge in [-0.15, -0.1) is 0 Å². The number of carboxylic acids is 1. The molecule has 1 saturated heterocycles. The summed E-state index contributed by atoms with van der Waals surface area (Å²) in [6.45, 7) is 1.38. The quantitative estimate of drug-likeness (QED) is 0.608. The summed E-state index contributed by atoms with van der Waals surface area (Å²) >= 11 is 6.12. The Bertz CT molecular complexity index is 942. The number of hydrogen-bond acceptors (Lipinski definition) is 4. The van der Waals surface area contributed by atoms with Crippen LogP contribution >= 0.6 is 11.6 Å². The molecule has 7 nitrogen and oxygen atoms in total. The molecule has 2 aromatic carbocycles. The van der Waals surface area contributed by atoms with E-state index < -0.39 is 23.9 Å². The van der Waals surface area contributed by atoms with Gasteiger partial charge < -0.3 is 9.84 Å². The van der Waals surface area contributed by atoms with E-state index >= 15 is 0 Å². The molecule has 0 radical (unpaired) electrons. The van der Waals surface area contributed by atoms with Crippen LogP contribution in [0.25, 0.3) is 6.08 Å². The van der Waals surface area contributed by atoms with Crippen molar-refractivity contribution in [3.05, 3.63) is 64.7 Å². The van der Waals surface area contributed by atoms with E-state index in [1.807, 2.05) is 0 Å². The van der Waals surface area contributed by atoms with Crippen LogP contribution in [0.5, 0.6) is 5.75 Å². The number of carbonyl (C=O) groups is 3. The first-order valence-electron chi connectivity index (χ1n) is 7.98. The van der Waals surface area contributed by atoms with E-state index in [1.165, 1.54) is 30.1 Å². The van der Waals surface area contributed by atoms with Crippen molar-refractivity contribution in [3.8, 4) is 5.75 Å². The van der Waals surface area contributed by atoms with Crippen LogP contribution in [0.2, 0.25) is 5.02 Å². The Morgan fingerprint density at radius 2 is 1.93 bits per heavy atom. The number of hydrogen-bond donors (Lipinski definition) is 2. The minimum atomic E-state index is -1.12. The molecule has 0 bridgehead atoms. The van der Waals surface area contributed by atoms with Crippen LogP contribution in [-0.4, -0.2) is 29.0 Å². The standard InChI is InChI=1S/C19H15ClN2O5/c1-11(19(25)26)27-16-8-7-12(10-15(16)20)9-14-17(23)21-22(18(14)24)13-5-3-2-4-6-13/h2-11H,1H3,(H,21,23)(H,25,26)/b14-9-/t11-/m0/s1.